The van der Waals surface area contributed by atoms with Crippen molar-refractivity contribution in [1.29, 1.82) is 0 Å². The van der Waals surface area contributed by atoms with E-state index in [0.29, 0.717) is 32.6 Å². The lowest BCUT2D eigenvalue weighted by Gasteiger charge is -2.34. The highest BCUT2D eigenvalue weighted by Gasteiger charge is 2.30. The first kappa shape index (κ1) is 23.6. The van der Waals surface area contributed by atoms with E-state index in [-0.39, 0.29) is 29.9 Å². The minimum atomic E-state index is -0.110. The average Bonchev–Trinajstić information content (AvgIpc) is 2.68. The summed E-state index contributed by atoms with van der Waals surface area (Å²) in [5.74, 6) is -0.0153. The molecule has 0 saturated carbocycles. The molecule has 1 heterocycles. The molecule has 0 aliphatic carbocycles. The second-order valence-electron chi connectivity index (χ2n) is 7.78. The molecule has 0 N–H and O–H groups in total. The zero-order chi connectivity index (χ0) is 20.1. The van der Waals surface area contributed by atoms with Crippen LogP contribution >= 0.6 is 0 Å². The molecule has 1 saturated heterocycles. The van der Waals surface area contributed by atoms with Crippen LogP contribution < -0.4 is 0 Å². The van der Waals surface area contributed by atoms with Gasteiger partial charge in [-0.1, -0.05) is 45.4 Å². The van der Waals surface area contributed by atoms with E-state index in [1.54, 1.807) is 4.90 Å². The van der Waals surface area contributed by atoms with Gasteiger partial charge in [-0.25, -0.2) is 0 Å². The summed E-state index contributed by atoms with van der Waals surface area (Å²) in [6.07, 6.45) is 10.4. The fourth-order valence-corrected chi connectivity index (χ4v) is 3.85. The van der Waals surface area contributed by atoms with Crippen LogP contribution in [0.5, 0.6) is 0 Å². The second-order valence-corrected chi connectivity index (χ2v) is 7.78. The van der Waals surface area contributed by atoms with Crippen LogP contribution in [-0.2, 0) is 14.4 Å². The Labute approximate surface area is 165 Å². The first-order chi connectivity index (χ1) is 13.0. The van der Waals surface area contributed by atoms with Gasteiger partial charge in [0.1, 0.15) is 5.78 Å². The third-order valence-corrected chi connectivity index (χ3v) is 5.61. The van der Waals surface area contributed by atoms with Crippen molar-refractivity contribution in [3.63, 3.8) is 0 Å². The molecule has 5 heteroatoms. The first-order valence-corrected chi connectivity index (χ1v) is 11.1. The molecule has 1 unspecified atom stereocenters. The number of hydrogen-bond donors (Lipinski definition) is 0. The van der Waals surface area contributed by atoms with Gasteiger partial charge in [-0.15, -0.1) is 0 Å². The van der Waals surface area contributed by atoms with Crippen LogP contribution in [-0.4, -0.2) is 53.6 Å². The summed E-state index contributed by atoms with van der Waals surface area (Å²) in [6, 6.07) is 0. The molecule has 1 aliphatic rings. The standard InChI is InChI=1S/C22H40N2O3/c1-4-7-8-9-10-11-12-15-20(25)17-21(26)24-16-13-14-19(18-24)22(27)23(5-2)6-3/h19H,4-18H2,1-3H3. The molecule has 0 spiro atoms. The van der Waals surface area contributed by atoms with Crippen LogP contribution in [0.4, 0.5) is 0 Å². The Morgan fingerprint density at radius 1 is 0.926 bits per heavy atom. The van der Waals surface area contributed by atoms with E-state index in [9.17, 15) is 14.4 Å². The lowest BCUT2D eigenvalue weighted by atomic mass is 9.95. The monoisotopic (exact) mass is 380 g/mol. The van der Waals surface area contributed by atoms with Crippen molar-refractivity contribution in [2.24, 2.45) is 5.92 Å². The highest BCUT2D eigenvalue weighted by molar-refractivity contribution is 5.98. The fraction of sp³-hybridized carbons (Fsp3) is 0.864. The minimum absolute atomic E-state index is 0.00200. The van der Waals surface area contributed by atoms with Gasteiger partial charge >= 0.3 is 0 Å². The first-order valence-electron chi connectivity index (χ1n) is 11.1. The summed E-state index contributed by atoms with van der Waals surface area (Å²) in [5, 5.41) is 0. The average molecular weight is 381 g/mol. The van der Waals surface area contributed by atoms with Crippen molar-refractivity contribution in [2.45, 2.75) is 91.4 Å². The van der Waals surface area contributed by atoms with Gasteiger partial charge in [-0.2, -0.15) is 0 Å². The van der Waals surface area contributed by atoms with Crippen LogP contribution in [0.25, 0.3) is 0 Å². The number of ketones is 1. The molecule has 27 heavy (non-hydrogen) atoms. The van der Waals surface area contributed by atoms with Crippen molar-refractivity contribution in [3.05, 3.63) is 0 Å². The Hall–Kier alpha value is -1.39. The topological polar surface area (TPSA) is 57.7 Å². The number of rotatable bonds is 13. The third kappa shape index (κ3) is 8.89. The lowest BCUT2D eigenvalue weighted by molar-refractivity contribution is -0.141. The lowest BCUT2D eigenvalue weighted by Crippen LogP contribution is -2.47. The number of Topliss-reactive ketones (excluding diaryl/α,β-unsaturated/α-hetero) is 1. The Bertz CT molecular complexity index is 460. The predicted octanol–water partition coefficient (Wildman–Crippen LogP) is 4.19. The zero-order valence-corrected chi connectivity index (χ0v) is 17.8. The molecular formula is C22H40N2O3. The van der Waals surface area contributed by atoms with E-state index < -0.39 is 0 Å². The largest absolute Gasteiger partial charge is 0.343 e. The van der Waals surface area contributed by atoms with Crippen LogP contribution in [0.15, 0.2) is 0 Å². The number of nitrogens with zero attached hydrogens (tertiary/aromatic N) is 2. The highest BCUT2D eigenvalue weighted by atomic mass is 16.2. The van der Waals surface area contributed by atoms with Crippen molar-refractivity contribution in [1.82, 2.24) is 9.80 Å². The van der Waals surface area contributed by atoms with Crippen LogP contribution in [0.2, 0.25) is 0 Å². The van der Waals surface area contributed by atoms with Gasteiger partial charge in [0.2, 0.25) is 11.8 Å². The zero-order valence-electron chi connectivity index (χ0n) is 17.8. The normalized spacial score (nSPS) is 17.0. The summed E-state index contributed by atoms with van der Waals surface area (Å²) in [6.45, 7) is 8.73. The van der Waals surface area contributed by atoms with E-state index in [4.69, 9.17) is 0 Å². The number of likely N-dealkylation sites (tertiary alicyclic amines) is 1. The van der Waals surface area contributed by atoms with Crippen LogP contribution in [0, 0.1) is 5.92 Å². The summed E-state index contributed by atoms with van der Waals surface area (Å²) in [4.78, 5) is 40.7. The quantitative estimate of drug-likeness (QED) is 0.355. The predicted molar refractivity (Wildman–Crippen MR) is 109 cm³/mol. The Kier molecular flexibility index (Phi) is 12.0. The van der Waals surface area contributed by atoms with Gasteiger partial charge in [0.15, 0.2) is 0 Å². The highest BCUT2D eigenvalue weighted by Crippen LogP contribution is 2.20. The van der Waals surface area contributed by atoms with Gasteiger partial charge in [-0.05, 0) is 33.1 Å². The maximum absolute atomic E-state index is 12.5. The molecule has 1 atom stereocenters. The summed E-state index contributed by atoms with van der Waals surface area (Å²) >= 11 is 0. The molecule has 0 aromatic heterocycles. The summed E-state index contributed by atoms with van der Waals surface area (Å²) < 4.78 is 0. The molecule has 1 fully saturated rings. The molecule has 156 valence electrons. The summed E-state index contributed by atoms with van der Waals surface area (Å²) in [7, 11) is 0. The second kappa shape index (κ2) is 13.7. The molecular weight excluding hydrogens is 340 g/mol. The van der Waals surface area contributed by atoms with Gasteiger partial charge in [0.25, 0.3) is 0 Å². The molecule has 5 nitrogen and oxygen atoms in total. The Balaban J connectivity index is 2.30. The number of carbonyl (C=O) groups is 3. The summed E-state index contributed by atoms with van der Waals surface area (Å²) in [5.41, 5.74) is 0. The van der Waals surface area contributed by atoms with Crippen molar-refractivity contribution >= 4 is 17.6 Å². The third-order valence-electron chi connectivity index (χ3n) is 5.61. The number of carbonyl (C=O) groups excluding carboxylic acids is 3. The molecule has 0 radical (unpaired) electrons. The number of amides is 2. The van der Waals surface area contributed by atoms with E-state index in [1.165, 1.54) is 32.1 Å². The SMILES string of the molecule is CCCCCCCCCC(=O)CC(=O)N1CCCC(C(=O)N(CC)CC)C1. The minimum Gasteiger partial charge on any atom is -0.343 e. The number of piperidine rings is 1. The van der Waals surface area contributed by atoms with Crippen molar-refractivity contribution in [3.8, 4) is 0 Å². The van der Waals surface area contributed by atoms with Crippen molar-refractivity contribution in [2.75, 3.05) is 26.2 Å². The van der Waals surface area contributed by atoms with Crippen LogP contribution in [0.3, 0.4) is 0 Å². The molecule has 0 bridgehead atoms. The van der Waals surface area contributed by atoms with Crippen molar-refractivity contribution < 1.29 is 14.4 Å². The molecule has 1 rings (SSSR count). The van der Waals surface area contributed by atoms with Crippen LogP contribution in [0.1, 0.15) is 91.4 Å². The smallest absolute Gasteiger partial charge is 0.230 e. The maximum Gasteiger partial charge on any atom is 0.230 e. The fourth-order valence-electron chi connectivity index (χ4n) is 3.85. The van der Waals surface area contributed by atoms with E-state index in [1.807, 2.05) is 18.7 Å². The van der Waals surface area contributed by atoms with Gasteiger partial charge in [0.05, 0.1) is 12.3 Å². The molecule has 1 aliphatic heterocycles. The Morgan fingerprint density at radius 2 is 1.56 bits per heavy atom. The molecule has 0 aromatic carbocycles. The molecule has 0 aromatic rings. The molecule has 2 amide bonds. The number of unbranched alkanes of at least 4 members (excludes halogenated alkanes) is 6. The van der Waals surface area contributed by atoms with E-state index >= 15 is 0 Å². The number of hydrogen-bond acceptors (Lipinski definition) is 3. The van der Waals surface area contributed by atoms with E-state index in [0.717, 1.165) is 25.7 Å². The van der Waals surface area contributed by atoms with Gasteiger partial charge < -0.3 is 9.80 Å². The van der Waals surface area contributed by atoms with E-state index in [2.05, 4.69) is 6.92 Å². The van der Waals surface area contributed by atoms with Gasteiger partial charge in [-0.3, -0.25) is 14.4 Å². The Morgan fingerprint density at radius 3 is 2.19 bits per heavy atom. The van der Waals surface area contributed by atoms with Gasteiger partial charge in [0, 0.05) is 32.6 Å². The maximum atomic E-state index is 12.5.